The molecule has 3 rings (SSSR count). The van der Waals surface area contributed by atoms with E-state index in [0.29, 0.717) is 17.9 Å². The number of furan rings is 1. The van der Waals surface area contributed by atoms with Gasteiger partial charge >= 0.3 is 0 Å². The van der Waals surface area contributed by atoms with E-state index >= 15 is 0 Å². The van der Waals surface area contributed by atoms with Crippen LogP contribution in [0, 0.1) is 0 Å². The van der Waals surface area contributed by atoms with E-state index in [9.17, 15) is 4.79 Å². The summed E-state index contributed by atoms with van der Waals surface area (Å²) in [5, 5.41) is 5.93. The molecule has 0 spiro atoms. The number of ether oxygens (including phenoxy) is 2. The molecular formula is C17H18N2O4. The van der Waals surface area contributed by atoms with Crippen LogP contribution < -0.4 is 9.47 Å². The molecule has 0 N–H and O–H groups in total. The van der Waals surface area contributed by atoms with Crippen molar-refractivity contribution < 1.29 is 18.7 Å². The molecule has 23 heavy (non-hydrogen) atoms. The van der Waals surface area contributed by atoms with Gasteiger partial charge in [-0.3, -0.25) is 4.79 Å². The Balaban J connectivity index is 1.94. The van der Waals surface area contributed by atoms with Gasteiger partial charge in [0.2, 0.25) is 5.91 Å². The Morgan fingerprint density at radius 1 is 1.26 bits per heavy atom. The maximum atomic E-state index is 11.9. The van der Waals surface area contributed by atoms with Gasteiger partial charge in [0, 0.05) is 18.9 Å². The molecule has 1 atom stereocenters. The minimum atomic E-state index is -0.217. The number of hydrogen-bond acceptors (Lipinski definition) is 5. The number of benzene rings is 1. The van der Waals surface area contributed by atoms with E-state index in [1.165, 1.54) is 11.9 Å². The van der Waals surface area contributed by atoms with Crippen LogP contribution >= 0.6 is 0 Å². The number of hydrazone groups is 1. The molecule has 6 nitrogen and oxygen atoms in total. The van der Waals surface area contributed by atoms with E-state index in [2.05, 4.69) is 5.10 Å². The van der Waals surface area contributed by atoms with Gasteiger partial charge in [0.15, 0.2) is 11.5 Å². The van der Waals surface area contributed by atoms with Crippen LogP contribution in [0.2, 0.25) is 0 Å². The van der Waals surface area contributed by atoms with E-state index in [-0.39, 0.29) is 11.9 Å². The van der Waals surface area contributed by atoms with Gasteiger partial charge in [-0.1, -0.05) is 0 Å². The van der Waals surface area contributed by atoms with Crippen LogP contribution in [0.4, 0.5) is 0 Å². The minimum absolute atomic E-state index is 0.123. The monoisotopic (exact) mass is 314 g/mol. The summed E-state index contributed by atoms with van der Waals surface area (Å²) in [5.41, 5.74) is 1.70. The van der Waals surface area contributed by atoms with Crippen LogP contribution in [0.1, 0.15) is 30.7 Å². The third-order valence-electron chi connectivity index (χ3n) is 3.82. The highest BCUT2D eigenvalue weighted by Gasteiger charge is 2.33. The van der Waals surface area contributed by atoms with E-state index in [0.717, 1.165) is 17.0 Å². The fourth-order valence-electron chi connectivity index (χ4n) is 2.69. The predicted octanol–water partition coefficient (Wildman–Crippen LogP) is 2.99. The molecule has 1 aromatic carbocycles. The van der Waals surface area contributed by atoms with E-state index in [4.69, 9.17) is 13.9 Å². The SMILES string of the molecule is COc1ccc(C2=NN(C(C)=O)[C@@H](c3ccco3)C2)cc1OC. The van der Waals surface area contributed by atoms with Gasteiger partial charge in [-0.05, 0) is 30.3 Å². The van der Waals surface area contributed by atoms with Crippen molar-refractivity contribution in [2.45, 2.75) is 19.4 Å². The van der Waals surface area contributed by atoms with Crippen LogP contribution in [0.15, 0.2) is 46.1 Å². The molecule has 0 fully saturated rings. The van der Waals surface area contributed by atoms with Crippen LogP contribution in [0.3, 0.4) is 0 Å². The van der Waals surface area contributed by atoms with Crippen LogP contribution in [-0.4, -0.2) is 30.8 Å². The maximum Gasteiger partial charge on any atom is 0.240 e. The zero-order chi connectivity index (χ0) is 16.4. The number of carbonyl (C=O) groups is 1. The molecule has 1 aliphatic rings. The standard InChI is InChI=1S/C17H18N2O4/c1-11(20)19-14(15-5-4-8-23-15)10-13(18-19)12-6-7-16(21-2)17(9-12)22-3/h4-9,14H,10H2,1-3H3/t14-/m1/s1. The Morgan fingerprint density at radius 3 is 2.65 bits per heavy atom. The summed E-state index contributed by atoms with van der Waals surface area (Å²) in [7, 11) is 3.18. The lowest BCUT2D eigenvalue weighted by atomic mass is 10.0. The maximum absolute atomic E-state index is 11.9. The first-order chi connectivity index (χ1) is 11.1. The smallest absolute Gasteiger partial charge is 0.240 e. The quantitative estimate of drug-likeness (QED) is 0.870. The number of rotatable bonds is 4. The first-order valence-corrected chi connectivity index (χ1v) is 7.27. The fourth-order valence-corrected chi connectivity index (χ4v) is 2.69. The first-order valence-electron chi connectivity index (χ1n) is 7.27. The fraction of sp³-hybridized carbons (Fsp3) is 0.294. The van der Waals surface area contributed by atoms with Crippen LogP contribution in [-0.2, 0) is 4.79 Å². The van der Waals surface area contributed by atoms with Crippen molar-refractivity contribution in [2.24, 2.45) is 5.10 Å². The molecule has 1 aliphatic heterocycles. The van der Waals surface area contributed by atoms with Crippen molar-refractivity contribution in [2.75, 3.05) is 14.2 Å². The molecule has 0 saturated heterocycles. The largest absolute Gasteiger partial charge is 0.493 e. The van der Waals surface area contributed by atoms with Gasteiger partial charge in [0.1, 0.15) is 11.8 Å². The summed E-state index contributed by atoms with van der Waals surface area (Å²) in [6.07, 6.45) is 2.19. The Labute approximate surface area is 134 Å². The van der Waals surface area contributed by atoms with E-state index < -0.39 is 0 Å². The molecule has 1 aromatic heterocycles. The number of methoxy groups -OCH3 is 2. The molecule has 0 radical (unpaired) electrons. The average molecular weight is 314 g/mol. The van der Waals surface area contributed by atoms with Gasteiger partial charge in [0.05, 0.1) is 26.2 Å². The van der Waals surface area contributed by atoms with Crippen LogP contribution in [0.25, 0.3) is 0 Å². The highest BCUT2D eigenvalue weighted by atomic mass is 16.5. The molecular weight excluding hydrogens is 296 g/mol. The van der Waals surface area contributed by atoms with Gasteiger partial charge in [-0.2, -0.15) is 5.10 Å². The Hall–Kier alpha value is -2.76. The van der Waals surface area contributed by atoms with Crippen molar-refractivity contribution in [3.05, 3.63) is 47.9 Å². The molecule has 0 bridgehead atoms. The summed E-state index contributed by atoms with van der Waals surface area (Å²) in [5.74, 6) is 1.88. The second-order valence-electron chi connectivity index (χ2n) is 5.22. The second-order valence-corrected chi connectivity index (χ2v) is 5.22. The van der Waals surface area contributed by atoms with Crippen molar-refractivity contribution in [1.82, 2.24) is 5.01 Å². The summed E-state index contributed by atoms with van der Waals surface area (Å²) in [6.45, 7) is 1.50. The first kappa shape index (κ1) is 15.1. The van der Waals surface area contributed by atoms with E-state index in [1.807, 2.05) is 30.3 Å². The van der Waals surface area contributed by atoms with Crippen LogP contribution in [0.5, 0.6) is 11.5 Å². The molecule has 0 aliphatic carbocycles. The lowest BCUT2D eigenvalue weighted by Gasteiger charge is -2.17. The van der Waals surface area contributed by atoms with E-state index in [1.54, 1.807) is 20.5 Å². The van der Waals surface area contributed by atoms with Gasteiger partial charge in [-0.25, -0.2) is 5.01 Å². The molecule has 2 heterocycles. The molecule has 6 heteroatoms. The zero-order valence-electron chi connectivity index (χ0n) is 13.3. The highest BCUT2D eigenvalue weighted by molar-refractivity contribution is 6.03. The van der Waals surface area contributed by atoms with Gasteiger partial charge in [0.25, 0.3) is 0 Å². The van der Waals surface area contributed by atoms with Crippen molar-refractivity contribution >= 4 is 11.6 Å². The Morgan fingerprint density at radius 2 is 2.04 bits per heavy atom. The molecule has 0 unspecified atom stereocenters. The number of hydrogen-bond donors (Lipinski definition) is 0. The zero-order valence-corrected chi connectivity index (χ0v) is 13.3. The molecule has 120 valence electrons. The summed E-state index contributed by atoms with van der Waals surface area (Å²) < 4.78 is 16.0. The van der Waals surface area contributed by atoms with Gasteiger partial charge in [-0.15, -0.1) is 0 Å². The molecule has 1 amide bonds. The number of carbonyl (C=O) groups excluding carboxylic acids is 1. The van der Waals surface area contributed by atoms with Crippen molar-refractivity contribution in [3.63, 3.8) is 0 Å². The van der Waals surface area contributed by atoms with Gasteiger partial charge < -0.3 is 13.9 Å². The number of amides is 1. The number of nitrogens with zero attached hydrogens (tertiary/aromatic N) is 2. The third-order valence-corrected chi connectivity index (χ3v) is 3.82. The summed E-state index contributed by atoms with van der Waals surface area (Å²) >= 11 is 0. The second kappa shape index (κ2) is 6.16. The lowest BCUT2D eigenvalue weighted by molar-refractivity contribution is -0.130. The Bertz CT molecular complexity index is 737. The third kappa shape index (κ3) is 2.79. The van der Waals surface area contributed by atoms with Crippen molar-refractivity contribution in [1.29, 1.82) is 0 Å². The predicted molar refractivity (Wildman–Crippen MR) is 84.7 cm³/mol. The summed E-state index contributed by atoms with van der Waals surface area (Å²) in [6, 6.07) is 9.04. The Kier molecular flexibility index (Phi) is 4.06. The minimum Gasteiger partial charge on any atom is -0.493 e. The average Bonchev–Trinajstić information content (AvgIpc) is 3.22. The topological polar surface area (TPSA) is 64.3 Å². The lowest BCUT2D eigenvalue weighted by Crippen LogP contribution is -2.23. The molecule has 0 saturated carbocycles. The van der Waals surface area contributed by atoms with Crippen molar-refractivity contribution in [3.8, 4) is 11.5 Å². The highest BCUT2D eigenvalue weighted by Crippen LogP contribution is 2.35. The normalized spacial score (nSPS) is 17.1. The summed E-state index contributed by atoms with van der Waals surface area (Å²) in [4.78, 5) is 11.9. The molecule has 2 aromatic rings.